The van der Waals surface area contributed by atoms with Crippen molar-refractivity contribution in [3.05, 3.63) is 75.8 Å². The first kappa shape index (κ1) is 24.0. The normalized spacial score (nSPS) is 21.4. The first-order chi connectivity index (χ1) is 16.2. The van der Waals surface area contributed by atoms with Crippen LogP contribution in [0.15, 0.2) is 54.6 Å². The lowest BCUT2D eigenvalue weighted by atomic mass is 9.78. The van der Waals surface area contributed by atoms with E-state index in [1.807, 2.05) is 19.1 Å². The fourth-order valence-electron chi connectivity index (χ4n) is 4.43. The predicted octanol–water partition coefficient (Wildman–Crippen LogP) is 4.44. The molecule has 0 spiro atoms. The summed E-state index contributed by atoms with van der Waals surface area (Å²) >= 11 is 12.2. The zero-order valence-electron chi connectivity index (χ0n) is 18.5. The van der Waals surface area contributed by atoms with Crippen LogP contribution < -0.4 is 4.74 Å². The minimum atomic E-state index is -0.751. The van der Waals surface area contributed by atoms with Gasteiger partial charge in [0.2, 0.25) is 0 Å². The number of allylic oxidation sites excluding steroid dienone is 2. The molecule has 34 heavy (non-hydrogen) atoms. The van der Waals surface area contributed by atoms with Gasteiger partial charge in [-0.15, -0.1) is 0 Å². The van der Waals surface area contributed by atoms with Crippen LogP contribution in [0.5, 0.6) is 5.75 Å². The van der Waals surface area contributed by atoms with Gasteiger partial charge in [-0.25, -0.2) is 5.01 Å². The molecule has 0 aromatic heterocycles. The van der Waals surface area contributed by atoms with E-state index in [0.717, 1.165) is 10.0 Å². The number of benzene rings is 2. The molecule has 0 bridgehead atoms. The molecule has 1 fully saturated rings. The van der Waals surface area contributed by atoms with Crippen molar-refractivity contribution in [3.63, 3.8) is 0 Å². The smallest absolute Gasteiger partial charge is 0.274 e. The highest BCUT2D eigenvalue weighted by Gasteiger charge is 2.53. The second kappa shape index (κ2) is 9.60. The van der Waals surface area contributed by atoms with Crippen LogP contribution in [-0.2, 0) is 9.59 Å². The Morgan fingerprint density at radius 3 is 2.56 bits per heavy atom. The molecular weight excluding hydrogens is 479 g/mol. The number of carbonyl (C=O) groups is 4. The van der Waals surface area contributed by atoms with E-state index in [1.165, 1.54) is 31.4 Å². The highest BCUT2D eigenvalue weighted by atomic mass is 35.5. The number of hydrogen-bond acceptors (Lipinski definition) is 5. The molecule has 3 amide bonds. The fourth-order valence-corrected chi connectivity index (χ4v) is 4.92. The van der Waals surface area contributed by atoms with Crippen LogP contribution >= 0.6 is 23.2 Å². The molecule has 4 rings (SSSR count). The zero-order chi connectivity index (χ0) is 24.6. The maximum Gasteiger partial charge on any atom is 0.274 e. The Morgan fingerprint density at radius 2 is 1.88 bits per heavy atom. The SMILES string of the molecule is COc1cccc(C(=O)CN(C(=O)c2ccc(Cl)cc2Cl)N2C(=O)[C@@H]3[C@H](C)C=CC[C@H]3C2=O)c1. The third kappa shape index (κ3) is 4.33. The summed E-state index contributed by atoms with van der Waals surface area (Å²) < 4.78 is 5.18. The molecule has 9 heteroatoms. The minimum Gasteiger partial charge on any atom is -0.497 e. The number of nitrogens with zero attached hydrogens (tertiary/aromatic N) is 2. The van der Waals surface area contributed by atoms with Gasteiger partial charge in [-0.3, -0.25) is 19.2 Å². The van der Waals surface area contributed by atoms with Crippen molar-refractivity contribution in [1.29, 1.82) is 0 Å². The number of methoxy groups -OCH3 is 1. The third-order valence-corrected chi connectivity index (χ3v) is 6.72. The van der Waals surface area contributed by atoms with E-state index >= 15 is 0 Å². The number of hydrazine groups is 1. The summed E-state index contributed by atoms with van der Waals surface area (Å²) in [4.78, 5) is 53.5. The Balaban J connectivity index is 1.73. The van der Waals surface area contributed by atoms with Gasteiger partial charge in [-0.05, 0) is 42.7 Å². The van der Waals surface area contributed by atoms with E-state index in [1.54, 1.807) is 18.2 Å². The summed E-state index contributed by atoms with van der Waals surface area (Å²) in [5, 5.41) is 2.08. The number of ketones is 1. The van der Waals surface area contributed by atoms with Crippen LogP contribution in [0.4, 0.5) is 0 Å². The molecule has 7 nitrogen and oxygen atoms in total. The lowest BCUT2D eigenvalue weighted by molar-refractivity contribution is -0.154. The van der Waals surface area contributed by atoms with Crippen molar-refractivity contribution in [3.8, 4) is 5.75 Å². The second-order valence-corrected chi connectivity index (χ2v) is 9.13. The Morgan fingerprint density at radius 1 is 1.12 bits per heavy atom. The van der Waals surface area contributed by atoms with Crippen molar-refractivity contribution in [2.24, 2.45) is 17.8 Å². The molecule has 1 saturated heterocycles. The van der Waals surface area contributed by atoms with Gasteiger partial charge in [0.15, 0.2) is 5.78 Å². The molecule has 176 valence electrons. The van der Waals surface area contributed by atoms with Crippen LogP contribution in [-0.4, -0.2) is 47.2 Å². The quantitative estimate of drug-likeness (QED) is 0.332. The Kier molecular flexibility index (Phi) is 6.77. The van der Waals surface area contributed by atoms with Gasteiger partial charge >= 0.3 is 0 Å². The predicted molar refractivity (Wildman–Crippen MR) is 127 cm³/mol. The molecular formula is C25H22Cl2N2O5. The van der Waals surface area contributed by atoms with E-state index in [4.69, 9.17) is 27.9 Å². The molecule has 0 saturated carbocycles. The number of hydrogen-bond donors (Lipinski definition) is 0. The lowest BCUT2D eigenvalue weighted by Crippen LogP contribution is -2.52. The fraction of sp³-hybridized carbons (Fsp3) is 0.280. The van der Waals surface area contributed by atoms with E-state index in [0.29, 0.717) is 17.2 Å². The van der Waals surface area contributed by atoms with Gasteiger partial charge < -0.3 is 4.74 Å². The highest BCUT2D eigenvalue weighted by molar-refractivity contribution is 6.36. The average Bonchev–Trinajstić information content (AvgIpc) is 3.07. The zero-order valence-corrected chi connectivity index (χ0v) is 20.0. The molecule has 1 aliphatic heterocycles. The van der Waals surface area contributed by atoms with Gasteiger partial charge in [-0.2, -0.15) is 5.01 Å². The molecule has 0 N–H and O–H groups in total. The van der Waals surface area contributed by atoms with Gasteiger partial charge in [0.1, 0.15) is 12.3 Å². The van der Waals surface area contributed by atoms with Crippen LogP contribution in [0.3, 0.4) is 0 Å². The summed E-state index contributed by atoms with van der Waals surface area (Å²) in [6.07, 6.45) is 4.15. The number of fused-ring (bicyclic) bond motifs is 1. The number of rotatable bonds is 6. The topological polar surface area (TPSA) is 84.0 Å². The average molecular weight is 501 g/mol. The molecule has 2 aromatic carbocycles. The summed E-state index contributed by atoms with van der Waals surface area (Å²) in [5.74, 6) is -3.14. The standard InChI is InChI=1S/C25H22Cl2N2O5/c1-14-5-3-8-19-22(14)25(33)29(24(19)32)28(23(31)18-10-9-16(26)12-20(18)27)13-21(30)15-6-4-7-17(11-15)34-2/h3-7,9-12,14,19,22H,8,13H2,1-2H3/t14-,19-,22-/m1/s1. The van der Waals surface area contributed by atoms with E-state index in [2.05, 4.69) is 0 Å². The van der Waals surface area contributed by atoms with Gasteiger partial charge in [0, 0.05) is 10.6 Å². The molecule has 2 aliphatic rings. The number of amides is 3. The maximum absolute atomic E-state index is 13.6. The first-order valence-corrected chi connectivity index (χ1v) is 11.5. The van der Waals surface area contributed by atoms with Gasteiger partial charge in [-0.1, -0.05) is 54.4 Å². The Hall–Kier alpha value is -3.16. The lowest BCUT2D eigenvalue weighted by Gasteiger charge is -2.30. The number of imide groups is 1. The van der Waals surface area contributed by atoms with Crippen molar-refractivity contribution in [2.45, 2.75) is 13.3 Å². The summed E-state index contributed by atoms with van der Waals surface area (Å²) in [5.41, 5.74) is 0.289. The molecule has 3 atom stereocenters. The van der Waals surface area contributed by atoms with Crippen LogP contribution in [0.25, 0.3) is 0 Å². The summed E-state index contributed by atoms with van der Waals surface area (Å²) in [6.45, 7) is 1.31. The van der Waals surface area contributed by atoms with E-state index in [-0.39, 0.29) is 22.1 Å². The van der Waals surface area contributed by atoms with Crippen LogP contribution in [0, 0.1) is 17.8 Å². The first-order valence-electron chi connectivity index (χ1n) is 10.7. The maximum atomic E-state index is 13.6. The van der Waals surface area contributed by atoms with Gasteiger partial charge in [0.05, 0.1) is 29.5 Å². The largest absolute Gasteiger partial charge is 0.497 e. The number of Topliss-reactive ketones (excluding diaryl/α,β-unsaturated/α-hetero) is 1. The molecule has 0 unspecified atom stereocenters. The third-order valence-electron chi connectivity index (χ3n) is 6.17. The second-order valence-electron chi connectivity index (χ2n) is 8.29. The van der Waals surface area contributed by atoms with Crippen molar-refractivity contribution in [2.75, 3.05) is 13.7 Å². The molecule has 0 radical (unpaired) electrons. The number of ether oxygens (including phenoxy) is 1. The van der Waals surface area contributed by atoms with E-state index in [9.17, 15) is 19.2 Å². The number of carbonyl (C=O) groups excluding carboxylic acids is 4. The highest BCUT2D eigenvalue weighted by Crippen LogP contribution is 2.39. The molecule has 1 heterocycles. The molecule has 1 aliphatic carbocycles. The van der Waals surface area contributed by atoms with Crippen LogP contribution in [0.2, 0.25) is 10.0 Å². The van der Waals surface area contributed by atoms with Crippen LogP contribution in [0.1, 0.15) is 34.1 Å². The summed E-state index contributed by atoms with van der Waals surface area (Å²) in [7, 11) is 1.47. The minimum absolute atomic E-state index is 0.0196. The van der Waals surface area contributed by atoms with Crippen molar-refractivity contribution < 1.29 is 23.9 Å². The van der Waals surface area contributed by atoms with E-state index < -0.39 is 41.9 Å². The monoisotopic (exact) mass is 500 g/mol. The molecule has 2 aromatic rings. The Bertz CT molecular complexity index is 1210. The van der Waals surface area contributed by atoms with Crippen molar-refractivity contribution in [1.82, 2.24) is 10.0 Å². The van der Waals surface area contributed by atoms with Crippen molar-refractivity contribution >= 4 is 46.7 Å². The van der Waals surface area contributed by atoms with Gasteiger partial charge in [0.25, 0.3) is 17.7 Å². The summed E-state index contributed by atoms with van der Waals surface area (Å²) in [6, 6.07) is 10.7. The number of halogens is 2. The Labute approximate surface area is 206 Å².